The van der Waals surface area contributed by atoms with Crippen LogP contribution in [0.2, 0.25) is 0 Å². The minimum Gasteiger partial charge on any atom is -0.387 e. The number of hydrogen-bond donors (Lipinski definition) is 1. The number of aromatic nitrogens is 2. The molecule has 4 nitrogen and oxygen atoms in total. The third kappa shape index (κ3) is 1.72. The lowest BCUT2D eigenvalue weighted by molar-refractivity contribution is -0.0273. The third-order valence-corrected chi connectivity index (χ3v) is 3.97. The van der Waals surface area contributed by atoms with Crippen molar-refractivity contribution in [1.29, 1.82) is 0 Å². The molecule has 1 N–H and O–H groups in total. The zero-order valence-corrected chi connectivity index (χ0v) is 10.8. The van der Waals surface area contributed by atoms with Crippen molar-refractivity contribution in [3.05, 3.63) is 30.0 Å². The van der Waals surface area contributed by atoms with E-state index in [0.717, 1.165) is 16.6 Å². The fourth-order valence-corrected chi connectivity index (χ4v) is 2.71. The first-order valence-corrected chi connectivity index (χ1v) is 6.35. The molecule has 1 saturated heterocycles. The molecule has 2 heterocycles. The van der Waals surface area contributed by atoms with E-state index in [9.17, 15) is 5.11 Å². The molecule has 1 aliphatic heterocycles. The van der Waals surface area contributed by atoms with Crippen LogP contribution in [-0.4, -0.2) is 33.2 Å². The van der Waals surface area contributed by atoms with Gasteiger partial charge < -0.3 is 9.84 Å². The maximum absolute atomic E-state index is 10.6. The highest BCUT2D eigenvalue weighted by atomic mass is 16.5. The smallest absolute Gasteiger partial charge is 0.0983 e. The van der Waals surface area contributed by atoms with Crippen molar-refractivity contribution >= 4 is 10.9 Å². The van der Waals surface area contributed by atoms with Crippen LogP contribution in [0.3, 0.4) is 0 Å². The Balaban J connectivity index is 2.00. The molecule has 1 aliphatic rings. The van der Waals surface area contributed by atoms with Gasteiger partial charge in [-0.05, 0) is 13.0 Å². The Labute approximate surface area is 106 Å². The molecule has 0 bridgehead atoms. The number of benzene rings is 1. The quantitative estimate of drug-likeness (QED) is 0.876. The average Bonchev–Trinajstić information content (AvgIpc) is 2.83. The summed E-state index contributed by atoms with van der Waals surface area (Å²) in [6.45, 7) is 2.56. The summed E-state index contributed by atoms with van der Waals surface area (Å²) in [4.78, 5) is 0. The molecular weight excluding hydrogens is 228 g/mol. The molecule has 1 fully saturated rings. The molecular formula is C14H18N2O2. The summed E-state index contributed by atoms with van der Waals surface area (Å²) in [6.07, 6.45) is 1.10. The fourth-order valence-electron chi connectivity index (χ4n) is 2.71. The van der Waals surface area contributed by atoms with E-state index in [2.05, 4.69) is 11.2 Å². The molecule has 1 aromatic carbocycles. The van der Waals surface area contributed by atoms with E-state index in [1.807, 2.05) is 36.9 Å². The SMILES string of the molecule is CC1OCCC1(O)Cc1nn(C)c2ccccc12. The highest BCUT2D eigenvalue weighted by Crippen LogP contribution is 2.31. The predicted octanol–water partition coefficient (Wildman–Crippen LogP) is 1.66. The lowest BCUT2D eigenvalue weighted by atomic mass is 9.90. The maximum atomic E-state index is 10.6. The van der Waals surface area contributed by atoms with Crippen LogP contribution < -0.4 is 0 Å². The number of rotatable bonds is 2. The highest BCUT2D eigenvalue weighted by molar-refractivity contribution is 5.81. The van der Waals surface area contributed by atoms with Gasteiger partial charge in [-0.2, -0.15) is 5.10 Å². The predicted molar refractivity (Wildman–Crippen MR) is 69.4 cm³/mol. The largest absolute Gasteiger partial charge is 0.387 e. The van der Waals surface area contributed by atoms with E-state index >= 15 is 0 Å². The number of fused-ring (bicyclic) bond motifs is 1. The molecule has 0 saturated carbocycles. The van der Waals surface area contributed by atoms with Gasteiger partial charge >= 0.3 is 0 Å². The van der Waals surface area contributed by atoms with Gasteiger partial charge in [0, 0.05) is 31.9 Å². The fraction of sp³-hybridized carbons (Fsp3) is 0.500. The minimum atomic E-state index is -0.781. The van der Waals surface area contributed by atoms with Gasteiger partial charge in [-0.15, -0.1) is 0 Å². The van der Waals surface area contributed by atoms with Crippen LogP contribution in [0.15, 0.2) is 24.3 Å². The summed E-state index contributed by atoms with van der Waals surface area (Å²) in [5.74, 6) is 0. The van der Waals surface area contributed by atoms with Crippen LogP contribution in [0.4, 0.5) is 0 Å². The first-order valence-electron chi connectivity index (χ1n) is 6.35. The average molecular weight is 246 g/mol. The lowest BCUT2D eigenvalue weighted by Gasteiger charge is -2.25. The van der Waals surface area contributed by atoms with Gasteiger partial charge in [-0.1, -0.05) is 18.2 Å². The molecule has 0 aliphatic carbocycles. The van der Waals surface area contributed by atoms with Gasteiger partial charge in [0.25, 0.3) is 0 Å². The normalized spacial score (nSPS) is 28.1. The first-order chi connectivity index (χ1) is 8.60. The summed E-state index contributed by atoms with van der Waals surface area (Å²) < 4.78 is 7.34. The van der Waals surface area contributed by atoms with Gasteiger partial charge in [0.2, 0.25) is 0 Å². The second-order valence-electron chi connectivity index (χ2n) is 5.13. The number of aliphatic hydroxyl groups is 1. The highest BCUT2D eigenvalue weighted by Gasteiger charge is 2.40. The molecule has 0 amide bonds. The standard InChI is InChI=1S/C14H18N2O2/c1-10-14(17,7-8-18-10)9-12-11-5-3-4-6-13(11)16(2)15-12/h3-6,10,17H,7-9H2,1-2H3. The molecule has 96 valence electrons. The molecule has 2 unspecified atom stereocenters. The molecule has 2 atom stereocenters. The zero-order chi connectivity index (χ0) is 12.8. The number of nitrogens with zero attached hydrogens (tertiary/aromatic N) is 2. The Bertz CT molecular complexity index is 578. The van der Waals surface area contributed by atoms with Crippen LogP contribution in [0.1, 0.15) is 19.0 Å². The van der Waals surface area contributed by atoms with E-state index in [0.29, 0.717) is 19.4 Å². The van der Waals surface area contributed by atoms with Crippen molar-refractivity contribution in [3.63, 3.8) is 0 Å². The Morgan fingerprint density at radius 3 is 3.00 bits per heavy atom. The lowest BCUT2D eigenvalue weighted by Crippen LogP contribution is -2.38. The minimum absolute atomic E-state index is 0.127. The molecule has 1 aromatic heterocycles. The summed E-state index contributed by atoms with van der Waals surface area (Å²) in [5.41, 5.74) is 1.27. The second-order valence-corrected chi connectivity index (χ2v) is 5.13. The van der Waals surface area contributed by atoms with Gasteiger partial charge in [-0.3, -0.25) is 4.68 Å². The Hall–Kier alpha value is -1.39. The number of para-hydroxylation sites is 1. The zero-order valence-electron chi connectivity index (χ0n) is 10.8. The second kappa shape index (κ2) is 4.07. The summed E-state index contributed by atoms with van der Waals surface area (Å²) in [6, 6.07) is 8.11. The number of ether oxygens (including phenoxy) is 1. The van der Waals surface area contributed by atoms with E-state index in [1.165, 1.54) is 0 Å². The van der Waals surface area contributed by atoms with Crippen LogP contribution >= 0.6 is 0 Å². The van der Waals surface area contributed by atoms with E-state index in [4.69, 9.17) is 4.74 Å². The van der Waals surface area contributed by atoms with E-state index < -0.39 is 5.60 Å². The van der Waals surface area contributed by atoms with Crippen molar-refractivity contribution in [1.82, 2.24) is 9.78 Å². The van der Waals surface area contributed by atoms with Crippen LogP contribution in [0.5, 0.6) is 0 Å². The molecule has 0 spiro atoms. The molecule has 18 heavy (non-hydrogen) atoms. The monoisotopic (exact) mass is 246 g/mol. The summed E-state index contributed by atoms with van der Waals surface area (Å²) in [5, 5.41) is 16.3. The number of hydrogen-bond acceptors (Lipinski definition) is 3. The van der Waals surface area contributed by atoms with E-state index in [-0.39, 0.29) is 6.10 Å². The van der Waals surface area contributed by atoms with Gasteiger partial charge in [0.05, 0.1) is 22.9 Å². The summed E-state index contributed by atoms with van der Waals surface area (Å²) in [7, 11) is 1.93. The van der Waals surface area contributed by atoms with Gasteiger partial charge in [0.15, 0.2) is 0 Å². The number of aryl methyl sites for hydroxylation is 1. The first kappa shape index (κ1) is 11.7. The van der Waals surface area contributed by atoms with E-state index in [1.54, 1.807) is 0 Å². The van der Waals surface area contributed by atoms with Gasteiger partial charge in [-0.25, -0.2) is 0 Å². The summed E-state index contributed by atoms with van der Waals surface area (Å²) >= 11 is 0. The van der Waals surface area contributed by atoms with Crippen LogP contribution in [0.25, 0.3) is 10.9 Å². The Morgan fingerprint density at radius 1 is 1.50 bits per heavy atom. The Kier molecular flexibility index (Phi) is 2.64. The molecule has 3 rings (SSSR count). The van der Waals surface area contributed by atoms with Crippen molar-refractivity contribution in [2.75, 3.05) is 6.61 Å². The van der Waals surface area contributed by atoms with Crippen LogP contribution in [0, 0.1) is 0 Å². The molecule has 2 aromatic rings. The topological polar surface area (TPSA) is 47.3 Å². The van der Waals surface area contributed by atoms with Crippen molar-refractivity contribution in [2.45, 2.75) is 31.5 Å². The van der Waals surface area contributed by atoms with Crippen molar-refractivity contribution < 1.29 is 9.84 Å². The molecule has 0 radical (unpaired) electrons. The van der Waals surface area contributed by atoms with Crippen molar-refractivity contribution in [3.8, 4) is 0 Å². The Morgan fingerprint density at radius 2 is 2.28 bits per heavy atom. The maximum Gasteiger partial charge on any atom is 0.0983 e. The van der Waals surface area contributed by atoms with Gasteiger partial charge in [0.1, 0.15) is 0 Å². The van der Waals surface area contributed by atoms with Crippen molar-refractivity contribution in [2.24, 2.45) is 7.05 Å². The van der Waals surface area contributed by atoms with Crippen LogP contribution in [-0.2, 0) is 18.2 Å². The molecule has 4 heteroatoms. The third-order valence-electron chi connectivity index (χ3n) is 3.97.